The number of nitrogens with one attached hydrogen (secondary N) is 1. The van der Waals surface area contributed by atoms with E-state index in [1.54, 1.807) is 0 Å². The minimum atomic E-state index is -0.416. The van der Waals surface area contributed by atoms with Gasteiger partial charge in [0.2, 0.25) is 0 Å². The summed E-state index contributed by atoms with van der Waals surface area (Å²) in [7, 11) is 0. The van der Waals surface area contributed by atoms with Crippen molar-refractivity contribution in [2.24, 2.45) is 0 Å². The first-order chi connectivity index (χ1) is 10.0. The van der Waals surface area contributed by atoms with Crippen molar-refractivity contribution < 1.29 is 8.78 Å². The van der Waals surface area contributed by atoms with Gasteiger partial charge in [0.05, 0.1) is 0 Å². The van der Waals surface area contributed by atoms with E-state index >= 15 is 0 Å². The normalized spacial score (nSPS) is 12.4. The molecule has 1 aromatic heterocycles. The summed E-state index contributed by atoms with van der Waals surface area (Å²) in [6.45, 7) is 6.61. The molecule has 21 heavy (non-hydrogen) atoms. The van der Waals surface area contributed by atoms with Gasteiger partial charge in [-0.1, -0.05) is 13.0 Å². The monoisotopic (exact) mass is 290 g/mol. The summed E-state index contributed by atoms with van der Waals surface area (Å²) in [6, 6.07) is 7.43. The molecule has 0 aliphatic carbocycles. The summed E-state index contributed by atoms with van der Waals surface area (Å²) in [5.41, 5.74) is 3.26. The number of benzene rings is 1. The standard InChI is InChI=1S/C17H20F2N2/c1-4-20-17(15-7-5-11(2)21-12(15)3)10-13-9-14(18)6-8-16(13)19/h5-9,17,20H,4,10H2,1-3H3. The predicted molar refractivity (Wildman–Crippen MR) is 80.2 cm³/mol. The largest absolute Gasteiger partial charge is 0.310 e. The lowest BCUT2D eigenvalue weighted by Crippen LogP contribution is -2.24. The topological polar surface area (TPSA) is 24.9 Å². The third-order valence-electron chi connectivity index (χ3n) is 3.52. The molecule has 1 atom stereocenters. The molecule has 0 radical (unpaired) electrons. The lowest BCUT2D eigenvalue weighted by atomic mass is 9.97. The van der Waals surface area contributed by atoms with Crippen molar-refractivity contribution in [3.8, 4) is 0 Å². The summed E-state index contributed by atoms with van der Waals surface area (Å²) >= 11 is 0. The number of pyridine rings is 1. The third kappa shape index (κ3) is 3.85. The van der Waals surface area contributed by atoms with E-state index in [-0.39, 0.29) is 11.9 Å². The molecule has 4 heteroatoms. The van der Waals surface area contributed by atoms with E-state index in [1.807, 2.05) is 32.9 Å². The molecule has 2 nitrogen and oxygen atoms in total. The summed E-state index contributed by atoms with van der Waals surface area (Å²) in [5, 5.41) is 3.33. The highest BCUT2D eigenvalue weighted by atomic mass is 19.1. The molecule has 0 amide bonds. The highest BCUT2D eigenvalue weighted by Crippen LogP contribution is 2.23. The molecule has 2 rings (SSSR count). The Balaban J connectivity index is 2.32. The van der Waals surface area contributed by atoms with E-state index in [4.69, 9.17) is 0 Å². The first kappa shape index (κ1) is 15.6. The van der Waals surface area contributed by atoms with Crippen LogP contribution in [-0.2, 0) is 6.42 Å². The Morgan fingerprint density at radius 1 is 1.14 bits per heavy atom. The molecule has 1 N–H and O–H groups in total. The van der Waals surface area contributed by atoms with Gasteiger partial charge in [-0.2, -0.15) is 0 Å². The fourth-order valence-electron chi connectivity index (χ4n) is 2.52. The van der Waals surface area contributed by atoms with Crippen LogP contribution in [0.5, 0.6) is 0 Å². The molecular weight excluding hydrogens is 270 g/mol. The highest BCUT2D eigenvalue weighted by molar-refractivity contribution is 5.28. The molecule has 0 aliphatic rings. The van der Waals surface area contributed by atoms with Gasteiger partial charge >= 0.3 is 0 Å². The first-order valence-electron chi connectivity index (χ1n) is 7.12. The number of nitrogens with zero attached hydrogens (tertiary/aromatic N) is 1. The van der Waals surface area contributed by atoms with Crippen LogP contribution in [0.15, 0.2) is 30.3 Å². The quantitative estimate of drug-likeness (QED) is 0.904. The van der Waals surface area contributed by atoms with Gasteiger partial charge in [-0.3, -0.25) is 4.98 Å². The van der Waals surface area contributed by atoms with Crippen LogP contribution in [0.1, 0.15) is 35.5 Å². The molecule has 0 saturated heterocycles. The molecular formula is C17H20F2N2. The molecule has 0 fully saturated rings. The van der Waals surface area contributed by atoms with E-state index in [1.165, 1.54) is 12.1 Å². The second-order valence-corrected chi connectivity index (χ2v) is 5.18. The van der Waals surface area contributed by atoms with Crippen LogP contribution in [-0.4, -0.2) is 11.5 Å². The van der Waals surface area contributed by atoms with E-state index < -0.39 is 5.82 Å². The molecule has 0 aliphatic heterocycles. The average molecular weight is 290 g/mol. The third-order valence-corrected chi connectivity index (χ3v) is 3.52. The zero-order valence-corrected chi connectivity index (χ0v) is 12.6. The van der Waals surface area contributed by atoms with Crippen LogP contribution in [0.4, 0.5) is 8.78 Å². The van der Waals surface area contributed by atoms with Crippen molar-refractivity contribution in [1.82, 2.24) is 10.3 Å². The van der Waals surface area contributed by atoms with Crippen LogP contribution in [0.3, 0.4) is 0 Å². The average Bonchev–Trinajstić information content (AvgIpc) is 2.42. The number of hydrogen-bond acceptors (Lipinski definition) is 2. The fourth-order valence-corrected chi connectivity index (χ4v) is 2.52. The molecule has 0 spiro atoms. The second kappa shape index (κ2) is 6.76. The molecule has 1 heterocycles. The number of hydrogen-bond donors (Lipinski definition) is 1. The second-order valence-electron chi connectivity index (χ2n) is 5.18. The number of halogens is 2. The summed E-state index contributed by atoms with van der Waals surface area (Å²) in [5.74, 6) is -0.794. The van der Waals surface area contributed by atoms with Gasteiger partial charge in [-0.15, -0.1) is 0 Å². The van der Waals surface area contributed by atoms with E-state index in [9.17, 15) is 8.78 Å². The maximum Gasteiger partial charge on any atom is 0.126 e. The van der Waals surface area contributed by atoms with Crippen molar-refractivity contribution >= 4 is 0 Å². The molecule has 1 unspecified atom stereocenters. The maximum absolute atomic E-state index is 13.8. The predicted octanol–water partition coefficient (Wildman–Crippen LogP) is 3.87. The van der Waals surface area contributed by atoms with E-state index in [2.05, 4.69) is 10.3 Å². The van der Waals surface area contributed by atoms with E-state index in [0.717, 1.165) is 29.6 Å². The van der Waals surface area contributed by atoms with Gasteiger partial charge in [-0.25, -0.2) is 8.78 Å². The van der Waals surface area contributed by atoms with Gasteiger partial charge in [-0.05, 0) is 62.2 Å². The number of aromatic nitrogens is 1. The maximum atomic E-state index is 13.8. The SMILES string of the molecule is CCNC(Cc1cc(F)ccc1F)c1ccc(C)nc1C. The van der Waals surface area contributed by atoms with Crippen molar-refractivity contribution in [3.63, 3.8) is 0 Å². The lowest BCUT2D eigenvalue weighted by Gasteiger charge is -2.20. The van der Waals surface area contributed by atoms with Gasteiger partial charge in [0, 0.05) is 17.4 Å². The lowest BCUT2D eigenvalue weighted by molar-refractivity contribution is 0.518. The van der Waals surface area contributed by atoms with Crippen LogP contribution in [0, 0.1) is 25.5 Å². The Bertz CT molecular complexity index is 626. The molecule has 112 valence electrons. The fraction of sp³-hybridized carbons (Fsp3) is 0.353. The Morgan fingerprint density at radius 3 is 2.57 bits per heavy atom. The van der Waals surface area contributed by atoms with Crippen molar-refractivity contribution in [2.45, 2.75) is 33.2 Å². The number of rotatable bonds is 5. The van der Waals surface area contributed by atoms with E-state index in [0.29, 0.717) is 12.0 Å². The highest BCUT2D eigenvalue weighted by Gasteiger charge is 2.17. The summed E-state index contributed by atoms with van der Waals surface area (Å²) < 4.78 is 27.2. The van der Waals surface area contributed by atoms with Gasteiger partial charge < -0.3 is 5.32 Å². The van der Waals surface area contributed by atoms with Gasteiger partial charge in [0.15, 0.2) is 0 Å². The minimum Gasteiger partial charge on any atom is -0.310 e. The Morgan fingerprint density at radius 2 is 1.90 bits per heavy atom. The Hall–Kier alpha value is -1.81. The zero-order valence-electron chi connectivity index (χ0n) is 12.6. The van der Waals surface area contributed by atoms with Crippen molar-refractivity contribution in [2.75, 3.05) is 6.54 Å². The molecule has 0 bridgehead atoms. The summed E-state index contributed by atoms with van der Waals surface area (Å²) in [6.07, 6.45) is 0.392. The molecule has 2 aromatic rings. The molecule has 0 saturated carbocycles. The van der Waals surface area contributed by atoms with Crippen LogP contribution in [0.2, 0.25) is 0 Å². The molecule has 1 aromatic carbocycles. The first-order valence-corrected chi connectivity index (χ1v) is 7.12. The van der Waals surface area contributed by atoms with Crippen molar-refractivity contribution in [3.05, 3.63) is 64.5 Å². The van der Waals surface area contributed by atoms with Crippen LogP contribution >= 0.6 is 0 Å². The smallest absolute Gasteiger partial charge is 0.126 e. The summed E-state index contributed by atoms with van der Waals surface area (Å²) in [4.78, 5) is 4.45. The zero-order chi connectivity index (χ0) is 15.4. The Kier molecular flexibility index (Phi) is 5.02. The van der Waals surface area contributed by atoms with Gasteiger partial charge in [0.25, 0.3) is 0 Å². The minimum absolute atomic E-state index is 0.0839. The van der Waals surface area contributed by atoms with Crippen molar-refractivity contribution in [1.29, 1.82) is 0 Å². The van der Waals surface area contributed by atoms with Crippen LogP contribution < -0.4 is 5.32 Å². The van der Waals surface area contributed by atoms with Crippen LogP contribution in [0.25, 0.3) is 0 Å². The number of likely N-dealkylation sites (N-methyl/N-ethyl adjacent to an activating group) is 1. The number of aryl methyl sites for hydroxylation is 2. The van der Waals surface area contributed by atoms with Gasteiger partial charge in [0.1, 0.15) is 11.6 Å². The Labute approximate surface area is 124 Å².